The fraction of sp³-hybridized carbons (Fsp3) is 0.375. The van der Waals surface area contributed by atoms with Crippen molar-refractivity contribution < 1.29 is 12.8 Å². The number of benzene rings is 1. The van der Waals surface area contributed by atoms with Crippen LogP contribution in [0.4, 0.5) is 0 Å². The van der Waals surface area contributed by atoms with Crippen LogP contribution < -0.4 is 10.6 Å². The highest BCUT2D eigenvalue weighted by Gasteiger charge is 2.13. The minimum Gasteiger partial charge on any atom is -0.444 e. The van der Waals surface area contributed by atoms with Crippen LogP contribution >= 0.6 is 24.0 Å². The average molecular weight is 478 g/mol. The number of hydrogen-bond acceptors (Lipinski definition) is 5. The Morgan fingerprint density at radius 3 is 2.44 bits per heavy atom. The fourth-order valence-corrected chi connectivity index (χ4v) is 3.22. The van der Waals surface area contributed by atoms with E-state index in [1.807, 2.05) is 13.8 Å². The molecule has 1 aromatic heterocycles. The standard InChI is InChI=1S/C16H22N4O3S.HI/c1-12-13(2)23-15(20-12)11-19-16(17-3)18-9-10-24(21,22)14-7-5-4-6-8-14;/h4-8H,9-11H2,1-3H3,(H2,17,18,19);1H. The van der Waals surface area contributed by atoms with Crippen LogP contribution in [0.2, 0.25) is 0 Å². The van der Waals surface area contributed by atoms with Gasteiger partial charge in [-0.05, 0) is 26.0 Å². The van der Waals surface area contributed by atoms with Gasteiger partial charge in [0.15, 0.2) is 15.8 Å². The van der Waals surface area contributed by atoms with Crippen molar-refractivity contribution in [2.24, 2.45) is 4.99 Å². The zero-order valence-corrected chi connectivity index (χ0v) is 17.6. The summed E-state index contributed by atoms with van der Waals surface area (Å²) in [6.45, 7) is 4.36. The SMILES string of the molecule is CN=C(NCCS(=O)(=O)c1ccccc1)NCc1nc(C)c(C)o1.I. The van der Waals surface area contributed by atoms with Crippen LogP contribution in [-0.4, -0.2) is 38.7 Å². The van der Waals surface area contributed by atoms with E-state index in [0.29, 0.717) is 23.3 Å². The number of halogens is 1. The molecule has 2 rings (SSSR count). The lowest BCUT2D eigenvalue weighted by Crippen LogP contribution is -2.39. The first-order valence-electron chi connectivity index (χ1n) is 7.57. The lowest BCUT2D eigenvalue weighted by atomic mass is 10.4. The van der Waals surface area contributed by atoms with Crippen LogP contribution in [0, 0.1) is 13.8 Å². The lowest BCUT2D eigenvalue weighted by Gasteiger charge is -2.11. The molecule has 138 valence electrons. The zero-order chi connectivity index (χ0) is 17.6. The van der Waals surface area contributed by atoms with Gasteiger partial charge in [-0.3, -0.25) is 4.99 Å². The minimum atomic E-state index is -3.31. The van der Waals surface area contributed by atoms with Crippen molar-refractivity contribution in [2.75, 3.05) is 19.3 Å². The molecule has 2 N–H and O–H groups in total. The number of hydrogen-bond donors (Lipinski definition) is 2. The predicted octanol–water partition coefficient (Wildman–Crippen LogP) is 2.05. The number of nitrogens with one attached hydrogen (secondary N) is 2. The Kier molecular flexibility index (Phi) is 8.36. The molecule has 0 amide bonds. The molecule has 0 saturated carbocycles. The molecule has 25 heavy (non-hydrogen) atoms. The molecule has 0 spiro atoms. The summed E-state index contributed by atoms with van der Waals surface area (Å²) >= 11 is 0. The van der Waals surface area contributed by atoms with Crippen molar-refractivity contribution in [3.05, 3.63) is 47.7 Å². The summed E-state index contributed by atoms with van der Waals surface area (Å²) < 4.78 is 29.9. The molecule has 0 atom stereocenters. The number of aliphatic imine (C=N–C) groups is 1. The van der Waals surface area contributed by atoms with E-state index in [9.17, 15) is 8.42 Å². The zero-order valence-electron chi connectivity index (χ0n) is 14.4. The van der Waals surface area contributed by atoms with Crippen LogP contribution in [0.15, 0.2) is 44.6 Å². The second-order valence-corrected chi connectivity index (χ2v) is 7.34. The smallest absolute Gasteiger partial charge is 0.214 e. The molecule has 0 bridgehead atoms. The Morgan fingerprint density at radius 2 is 1.88 bits per heavy atom. The third-order valence-electron chi connectivity index (χ3n) is 3.47. The van der Waals surface area contributed by atoms with E-state index in [4.69, 9.17) is 4.42 Å². The first-order valence-corrected chi connectivity index (χ1v) is 9.23. The summed E-state index contributed by atoms with van der Waals surface area (Å²) in [5.74, 6) is 1.81. The van der Waals surface area contributed by atoms with Gasteiger partial charge in [0, 0.05) is 13.6 Å². The summed E-state index contributed by atoms with van der Waals surface area (Å²) in [4.78, 5) is 8.64. The Hall–Kier alpha value is -1.62. The maximum Gasteiger partial charge on any atom is 0.214 e. The number of aryl methyl sites for hydroxylation is 2. The van der Waals surface area contributed by atoms with Gasteiger partial charge in [0.05, 0.1) is 22.9 Å². The number of guanidine groups is 1. The van der Waals surface area contributed by atoms with Gasteiger partial charge in [-0.1, -0.05) is 18.2 Å². The highest BCUT2D eigenvalue weighted by molar-refractivity contribution is 14.0. The van der Waals surface area contributed by atoms with Gasteiger partial charge in [-0.2, -0.15) is 0 Å². The van der Waals surface area contributed by atoms with Gasteiger partial charge in [-0.25, -0.2) is 13.4 Å². The highest BCUT2D eigenvalue weighted by Crippen LogP contribution is 2.09. The quantitative estimate of drug-likeness (QED) is 0.375. The number of aromatic nitrogens is 1. The van der Waals surface area contributed by atoms with E-state index >= 15 is 0 Å². The first kappa shape index (κ1) is 21.4. The summed E-state index contributed by atoms with van der Waals surface area (Å²) in [6, 6.07) is 8.39. The number of sulfone groups is 1. The number of rotatable bonds is 6. The van der Waals surface area contributed by atoms with E-state index in [2.05, 4.69) is 20.6 Å². The molecule has 0 unspecified atom stereocenters. The predicted molar refractivity (Wildman–Crippen MR) is 108 cm³/mol. The van der Waals surface area contributed by atoms with Crippen molar-refractivity contribution >= 4 is 39.8 Å². The van der Waals surface area contributed by atoms with E-state index in [0.717, 1.165) is 11.5 Å². The average Bonchev–Trinajstić information content (AvgIpc) is 2.89. The van der Waals surface area contributed by atoms with Gasteiger partial charge >= 0.3 is 0 Å². The largest absolute Gasteiger partial charge is 0.444 e. The molecular weight excluding hydrogens is 455 g/mol. The Balaban J connectivity index is 0.00000312. The molecule has 7 nitrogen and oxygen atoms in total. The summed E-state index contributed by atoms with van der Waals surface area (Å²) in [7, 11) is -1.69. The topological polar surface area (TPSA) is 96.6 Å². The van der Waals surface area contributed by atoms with Crippen LogP contribution in [-0.2, 0) is 16.4 Å². The van der Waals surface area contributed by atoms with Crippen molar-refractivity contribution in [3.63, 3.8) is 0 Å². The summed E-state index contributed by atoms with van der Waals surface area (Å²) in [5, 5.41) is 6.02. The van der Waals surface area contributed by atoms with E-state index in [1.54, 1.807) is 37.4 Å². The molecule has 0 aliphatic carbocycles. The van der Waals surface area contributed by atoms with Crippen molar-refractivity contribution in [3.8, 4) is 0 Å². The van der Waals surface area contributed by atoms with E-state index in [1.165, 1.54) is 0 Å². The molecule has 1 aromatic carbocycles. The molecule has 0 fully saturated rings. The van der Waals surface area contributed by atoms with Gasteiger partial charge in [0.1, 0.15) is 5.76 Å². The third kappa shape index (κ3) is 6.31. The van der Waals surface area contributed by atoms with Crippen LogP contribution in [0.1, 0.15) is 17.3 Å². The molecule has 0 radical (unpaired) electrons. The van der Waals surface area contributed by atoms with E-state index < -0.39 is 9.84 Å². The van der Waals surface area contributed by atoms with E-state index in [-0.39, 0.29) is 36.3 Å². The molecule has 0 saturated heterocycles. The molecule has 0 aliphatic heterocycles. The van der Waals surface area contributed by atoms with Gasteiger partial charge < -0.3 is 15.1 Å². The Labute approximate surface area is 165 Å². The van der Waals surface area contributed by atoms with Gasteiger partial charge in [0.25, 0.3) is 0 Å². The van der Waals surface area contributed by atoms with Gasteiger partial charge in [0.2, 0.25) is 5.89 Å². The molecule has 0 aliphatic rings. The third-order valence-corrected chi connectivity index (χ3v) is 5.20. The second kappa shape index (κ2) is 9.76. The minimum absolute atomic E-state index is 0. The van der Waals surface area contributed by atoms with Gasteiger partial charge in [-0.15, -0.1) is 24.0 Å². The van der Waals surface area contributed by atoms with Crippen LogP contribution in [0.25, 0.3) is 0 Å². The molecule has 2 aromatic rings. The normalized spacial score (nSPS) is 11.7. The monoisotopic (exact) mass is 478 g/mol. The summed E-state index contributed by atoms with van der Waals surface area (Å²) in [6.07, 6.45) is 0. The number of nitrogens with zero attached hydrogens (tertiary/aromatic N) is 2. The molecule has 9 heteroatoms. The van der Waals surface area contributed by atoms with Crippen LogP contribution in [0.5, 0.6) is 0 Å². The Bertz CT molecular complexity index is 785. The lowest BCUT2D eigenvalue weighted by molar-refractivity contribution is 0.464. The van der Waals surface area contributed by atoms with Crippen molar-refractivity contribution in [1.29, 1.82) is 0 Å². The fourth-order valence-electron chi connectivity index (χ4n) is 2.04. The maximum atomic E-state index is 12.2. The number of oxazole rings is 1. The van der Waals surface area contributed by atoms with Crippen molar-refractivity contribution in [2.45, 2.75) is 25.3 Å². The first-order chi connectivity index (χ1) is 11.4. The Morgan fingerprint density at radius 1 is 1.20 bits per heavy atom. The summed E-state index contributed by atoms with van der Waals surface area (Å²) in [5.41, 5.74) is 0.851. The maximum absolute atomic E-state index is 12.2. The van der Waals surface area contributed by atoms with Crippen LogP contribution in [0.3, 0.4) is 0 Å². The van der Waals surface area contributed by atoms with Crippen molar-refractivity contribution in [1.82, 2.24) is 15.6 Å². The second-order valence-electron chi connectivity index (χ2n) is 5.23. The molecule has 1 heterocycles. The molecular formula is C16H23IN4O3S. The highest BCUT2D eigenvalue weighted by atomic mass is 127.